The van der Waals surface area contributed by atoms with Crippen molar-refractivity contribution in [1.29, 1.82) is 0 Å². The van der Waals surface area contributed by atoms with E-state index in [4.69, 9.17) is 18.9 Å². The van der Waals surface area contributed by atoms with Crippen LogP contribution in [0.5, 0.6) is 23.0 Å². The van der Waals surface area contributed by atoms with Gasteiger partial charge in [0, 0.05) is 0 Å². The van der Waals surface area contributed by atoms with Gasteiger partial charge in [-0.05, 0) is 87.3 Å². The third kappa shape index (κ3) is 10.2. The maximum atomic E-state index is 5.37. The molecule has 0 saturated carbocycles. The second-order valence-electron chi connectivity index (χ2n) is 8.50. The van der Waals surface area contributed by atoms with Crippen molar-refractivity contribution in [2.75, 3.05) is 54.6 Å². The summed E-state index contributed by atoms with van der Waals surface area (Å²) in [7, 11) is 6.69. The fraction of sp³-hybridized carbons (Fsp3) is 0.571. The molecular weight excluding hydrogens is 428 g/mol. The molecule has 0 radical (unpaired) electrons. The molecule has 0 amide bonds. The molecule has 2 aromatic carbocycles. The van der Waals surface area contributed by atoms with Crippen molar-refractivity contribution in [2.24, 2.45) is 0 Å². The zero-order valence-corrected chi connectivity index (χ0v) is 21.6. The van der Waals surface area contributed by atoms with E-state index >= 15 is 0 Å². The van der Waals surface area contributed by atoms with Crippen molar-refractivity contribution < 1.29 is 18.9 Å². The summed E-state index contributed by atoms with van der Waals surface area (Å²) in [4.78, 5) is 0. The summed E-state index contributed by atoms with van der Waals surface area (Å²) in [5.74, 6) is 3.16. The fourth-order valence-corrected chi connectivity index (χ4v) is 3.99. The maximum absolute atomic E-state index is 5.37. The summed E-state index contributed by atoms with van der Waals surface area (Å²) in [6, 6.07) is 12.3. The summed E-state index contributed by atoms with van der Waals surface area (Å²) in [5.41, 5.74) is 2.53. The molecule has 0 heterocycles. The van der Waals surface area contributed by atoms with Gasteiger partial charge in [0.2, 0.25) is 0 Å². The standard InChI is InChI=1S/C28H44N2O4/c1-31-25-13-11-23(21-27(25)33-3)15-19-29-17-9-7-5-6-8-10-18-30-20-16-24-12-14-26(32-2)28(22-24)34-4/h11-14,21-22,29-30H,5-10,15-20H2,1-4H3. The van der Waals surface area contributed by atoms with Crippen LogP contribution in [0.15, 0.2) is 36.4 Å². The first kappa shape index (κ1) is 27.8. The Kier molecular flexibility index (Phi) is 14.0. The molecule has 6 heteroatoms. The van der Waals surface area contributed by atoms with Gasteiger partial charge >= 0.3 is 0 Å². The molecule has 2 aromatic rings. The Morgan fingerprint density at radius 1 is 0.471 bits per heavy atom. The van der Waals surface area contributed by atoms with Crippen LogP contribution in [0, 0.1) is 0 Å². The lowest BCUT2D eigenvalue weighted by Gasteiger charge is -2.10. The van der Waals surface area contributed by atoms with Crippen LogP contribution < -0.4 is 29.6 Å². The Morgan fingerprint density at radius 3 is 1.24 bits per heavy atom. The van der Waals surface area contributed by atoms with Gasteiger partial charge < -0.3 is 29.6 Å². The van der Waals surface area contributed by atoms with Crippen molar-refractivity contribution in [3.8, 4) is 23.0 Å². The molecule has 2 rings (SSSR count). The lowest BCUT2D eigenvalue weighted by atomic mass is 10.1. The lowest BCUT2D eigenvalue weighted by Crippen LogP contribution is -2.18. The predicted molar refractivity (Wildman–Crippen MR) is 140 cm³/mol. The number of hydrogen-bond acceptors (Lipinski definition) is 6. The highest BCUT2D eigenvalue weighted by molar-refractivity contribution is 5.43. The Labute approximate surface area is 206 Å². The molecule has 0 aromatic heterocycles. The van der Waals surface area contributed by atoms with E-state index in [1.54, 1.807) is 28.4 Å². The Morgan fingerprint density at radius 2 is 0.853 bits per heavy atom. The van der Waals surface area contributed by atoms with Gasteiger partial charge in [-0.25, -0.2) is 0 Å². The largest absolute Gasteiger partial charge is 0.493 e. The van der Waals surface area contributed by atoms with E-state index < -0.39 is 0 Å². The first-order valence-electron chi connectivity index (χ1n) is 12.5. The maximum Gasteiger partial charge on any atom is 0.160 e. The van der Waals surface area contributed by atoms with E-state index in [1.165, 1.54) is 49.7 Å². The summed E-state index contributed by atoms with van der Waals surface area (Å²) in [5, 5.41) is 7.11. The third-order valence-electron chi connectivity index (χ3n) is 6.03. The molecule has 0 aliphatic carbocycles. The normalized spacial score (nSPS) is 10.8. The van der Waals surface area contributed by atoms with Crippen LogP contribution in [-0.2, 0) is 12.8 Å². The van der Waals surface area contributed by atoms with Crippen LogP contribution in [0.4, 0.5) is 0 Å². The average molecular weight is 473 g/mol. The second-order valence-corrected chi connectivity index (χ2v) is 8.50. The fourth-order valence-electron chi connectivity index (χ4n) is 3.99. The molecule has 0 atom stereocenters. The molecule has 2 N–H and O–H groups in total. The third-order valence-corrected chi connectivity index (χ3v) is 6.03. The SMILES string of the molecule is COc1ccc(CCNCCCCCCCCNCCc2ccc(OC)c(OC)c2)cc1OC. The topological polar surface area (TPSA) is 61.0 Å². The lowest BCUT2D eigenvalue weighted by molar-refractivity contribution is 0.354. The number of hydrogen-bond donors (Lipinski definition) is 2. The van der Waals surface area contributed by atoms with Crippen LogP contribution in [-0.4, -0.2) is 54.6 Å². The molecule has 6 nitrogen and oxygen atoms in total. The Bertz CT molecular complexity index is 745. The summed E-state index contributed by atoms with van der Waals surface area (Å²) in [6.07, 6.45) is 9.74. The van der Waals surface area contributed by atoms with Gasteiger partial charge in [0.25, 0.3) is 0 Å². The quantitative estimate of drug-likeness (QED) is 0.280. The number of nitrogens with one attached hydrogen (secondary N) is 2. The zero-order valence-electron chi connectivity index (χ0n) is 21.6. The van der Waals surface area contributed by atoms with Crippen LogP contribution in [0.25, 0.3) is 0 Å². The minimum Gasteiger partial charge on any atom is -0.493 e. The van der Waals surface area contributed by atoms with Crippen LogP contribution in [0.3, 0.4) is 0 Å². The summed E-state index contributed by atoms with van der Waals surface area (Å²) in [6.45, 7) is 4.16. The minimum absolute atomic E-state index is 0.782. The monoisotopic (exact) mass is 472 g/mol. The molecule has 0 unspecified atom stereocenters. The van der Waals surface area contributed by atoms with E-state index in [0.717, 1.165) is 62.0 Å². The molecule has 34 heavy (non-hydrogen) atoms. The zero-order chi connectivity index (χ0) is 24.4. The van der Waals surface area contributed by atoms with E-state index in [-0.39, 0.29) is 0 Å². The number of unbranched alkanes of at least 4 members (excludes halogenated alkanes) is 5. The summed E-state index contributed by atoms with van der Waals surface area (Å²) >= 11 is 0. The van der Waals surface area contributed by atoms with Crippen LogP contribution in [0.2, 0.25) is 0 Å². The number of methoxy groups -OCH3 is 4. The van der Waals surface area contributed by atoms with Gasteiger partial charge in [0.15, 0.2) is 23.0 Å². The average Bonchev–Trinajstić information content (AvgIpc) is 2.88. The van der Waals surface area contributed by atoms with E-state index in [1.807, 2.05) is 12.1 Å². The Hall–Kier alpha value is -2.44. The van der Waals surface area contributed by atoms with Gasteiger partial charge in [0.05, 0.1) is 28.4 Å². The molecule has 0 aliphatic rings. The first-order chi connectivity index (χ1) is 16.7. The van der Waals surface area contributed by atoms with Gasteiger partial charge in [-0.1, -0.05) is 37.8 Å². The molecule has 0 spiro atoms. The minimum atomic E-state index is 0.782. The molecule has 0 aliphatic heterocycles. The molecule has 0 saturated heterocycles. The number of ether oxygens (including phenoxy) is 4. The van der Waals surface area contributed by atoms with Gasteiger partial charge in [-0.2, -0.15) is 0 Å². The van der Waals surface area contributed by atoms with Crippen LogP contribution >= 0.6 is 0 Å². The van der Waals surface area contributed by atoms with Gasteiger partial charge in [-0.15, -0.1) is 0 Å². The highest BCUT2D eigenvalue weighted by atomic mass is 16.5. The van der Waals surface area contributed by atoms with Gasteiger partial charge in [-0.3, -0.25) is 0 Å². The molecule has 190 valence electrons. The van der Waals surface area contributed by atoms with Gasteiger partial charge in [0.1, 0.15) is 0 Å². The highest BCUT2D eigenvalue weighted by Gasteiger charge is 2.05. The Balaban J connectivity index is 1.40. The number of benzene rings is 2. The predicted octanol–water partition coefficient (Wildman–Crippen LogP) is 5.03. The second kappa shape index (κ2) is 17.1. The highest BCUT2D eigenvalue weighted by Crippen LogP contribution is 2.28. The van der Waals surface area contributed by atoms with Crippen molar-refractivity contribution in [3.63, 3.8) is 0 Å². The van der Waals surface area contributed by atoms with Crippen molar-refractivity contribution in [3.05, 3.63) is 47.5 Å². The van der Waals surface area contributed by atoms with Crippen molar-refractivity contribution in [2.45, 2.75) is 51.4 Å². The van der Waals surface area contributed by atoms with E-state index in [0.29, 0.717) is 0 Å². The smallest absolute Gasteiger partial charge is 0.160 e. The summed E-state index contributed by atoms with van der Waals surface area (Å²) < 4.78 is 21.3. The first-order valence-corrected chi connectivity index (χ1v) is 12.5. The van der Waals surface area contributed by atoms with Crippen molar-refractivity contribution >= 4 is 0 Å². The van der Waals surface area contributed by atoms with Crippen LogP contribution in [0.1, 0.15) is 49.7 Å². The molecular formula is C28H44N2O4. The number of rotatable bonds is 19. The molecule has 0 bridgehead atoms. The molecule has 0 fully saturated rings. The van der Waals surface area contributed by atoms with E-state index in [2.05, 4.69) is 34.9 Å². The van der Waals surface area contributed by atoms with Crippen molar-refractivity contribution in [1.82, 2.24) is 10.6 Å². The van der Waals surface area contributed by atoms with E-state index in [9.17, 15) is 0 Å².